The molecule has 0 aliphatic heterocycles. The van der Waals surface area contributed by atoms with Crippen molar-refractivity contribution in [1.29, 1.82) is 0 Å². The second kappa shape index (κ2) is 9.60. The number of amides is 1. The van der Waals surface area contributed by atoms with Crippen molar-refractivity contribution in [3.05, 3.63) is 121 Å². The van der Waals surface area contributed by atoms with Gasteiger partial charge < -0.3 is 5.32 Å². The van der Waals surface area contributed by atoms with Gasteiger partial charge in [0.15, 0.2) is 6.16 Å². The molecule has 0 aromatic heterocycles. The number of hydrogen-bond acceptors (Lipinski definition) is 1. The van der Waals surface area contributed by atoms with Crippen LogP contribution >= 0.6 is 7.26 Å². The van der Waals surface area contributed by atoms with E-state index in [-0.39, 0.29) is 12.1 Å². The summed E-state index contributed by atoms with van der Waals surface area (Å²) in [5, 5.41) is 5.99. The van der Waals surface area contributed by atoms with Crippen LogP contribution in [0.3, 0.4) is 0 Å². The highest BCUT2D eigenvalue weighted by atomic mass is 31.2. The van der Waals surface area contributed by atoms with Crippen LogP contribution < -0.4 is 21.2 Å². The van der Waals surface area contributed by atoms with Gasteiger partial charge >= 0.3 is 6.18 Å². The van der Waals surface area contributed by atoms with E-state index in [0.29, 0.717) is 5.69 Å². The van der Waals surface area contributed by atoms with Gasteiger partial charge in [0.25, 0.3) is 5.91 Å². The van der Waals surface area contributed by atoms with Crippen molar-refractivity contribution >= 4 is 34.8 Å². The molecule has 0 aliphatic carbocycles. The van der Waals surface area contributed by atoms with Crippen molar-refractivity contribution < 1.29 is 18.0 Å². The molecule has 0 saturated carbocycles. The first-order valence-corrected chi connectivity index (χ1v) is 12.4. The fourth-order valence-electron chi connectivity index (χ4n) is 3.93. The highest BCUT2D eigenvalue weighted by molar-refractivity contribution is 7.96. The number of nitrogens with one attached hydrogen (secondary N) is 1. The number of alkyl halides is 3. The second-order valence-corrected chi connectivity index (χ2v) is 11.1. The number of carbonyl (C=O) groups excluding carboxylic acids is 1. The lowest BCUT2D eigenvalue weighted by molar-refractivity contribution is -0.137. The van der Waals surface area contributed by atoms with E-state index in [1.54, 1.807) is 0 Å². The minimum atomic E-state index is -4.42. The van der Waals surface area contributed by atoms with Gasteiger partial charge in [0.05, 0.1) is 5.56 Å². The molecule has 0 spiro atoms. The van der Waals surface area contributed by atoms with Gasteiger partial charge in [0.2, 0.25) is 0 Å². The summed E-state index contributed by atoms with van der Waals surface area (Å²) in [6.45, 7) is 0. The van der Waals surface area contributed by atoms with Gasteiger partial charge in [-0.25, -0.2) is 0 Å². The maximum Gasteiger partial charge on any atom is 0.416 e. The SMILES string of the molecule is O=C(C[P+](c1ccccc1)(c1ccccc1)c1ccccc1)Nc1ccc(C(F)(F)F)cc1. The van der Waals surface area contributed by atoms with Gasteiger partial charge in [0, 0.05) is 5.69 Å². The summed E-state index contributed by atoms with van der Waals surface area (Å²) in [5.74, 6) is -0.250. The quantitative estimate of drug-likeness (QED) is 0.368. The lowest BCUT2D eigenvalue weighted by Crippen LogP contribution is -2.37. The first kappa shape index (κ1) is 22.8. The predicted octanol–water partition coefficient (Wildman–Crippen LogP) is 5.64. The normalized spacial score (nSPS) is 11.7. The number of anilines is 1. The number of halogens is 3. The Morgan fingerprint density at radius 3 is 1.39 bits per heavy atom. The standard InChI is InChI=1S/C27H21F3NOP/c28-27(29,30)21-16-18-22(19-17-21)31-26(32)20-33(23-10-4-1-5-11-23,24-12-6-2-7-13-24)25-14-8-3-9-15-25/h1-19H,20H2/p+1. The minimum absolute atomic E-state index is 0.187. The van der Waals surface area contributed by atoms with Gasteiger partial charge in [0.1, 0.15) is 23.2 Å². The Morgan fingerprint density at radius 2 is 1.03 bits per heavy atom. The van der Waals surface area contributed by atoms with Crippen molar-refractivity contribution in [2.75, 3.05) is 11.5 Å². The average Bonchev–Trinajstić information content (AvgIpc) is 2.84. The van der Waals surface area contributed by atoms with Crippen LogP contribution in [0, 0.1) is 0 Å². The summed E-state index contributed by atoms with van der Waals surface area (Å²) in [6, 6.07) is 34.4. The van der Waals surface area contributed by atoms with Crippen molar-refractivity contribution in [2.45, 2.75) is 6.18 Å². The average molecular weight is 464 g/mol. The Kier molecular flexibility index (Phi) is 6.62. The van der Waals surface area contributed by atoms with Gasteiger partial charge in [-0.1, -0.05) is 54.6 Å². The Bertz CT molecular complexity index is 1100. The molecule has 2 nitrogen and oxygen atoms in total. The van der Waals surface area contributed by atoms with Crippen LogP contribution in [-0.4, -0.2) is 12.1 Å². The molecule has 0 unspecified atom stereocenters. The number of benzene rings is 4. The topological polar surface area (TPSA) is 29.1 Å². The number of rotatable bonds is 6. The monoisotopic (exact) mass is 464 g/mol. The van der Waals surface area contributed by atoms with Gasteiger partial charge in [-0.15, -0.1) is 0 Å². The smallest absolute Gasteiger partial charge is 0.323 e. The fraction of sp³-hybridized carbons (Fsp3) is 0.0741. The molecular formula is C27H22F3NOP+. The Hall–Kier alpha value is -3.43. The van der Waals surface area contributed by atoms with Crippen LogP contribution in [0.5, 0.6) is 0 Å². The molecule has 0 aliphatic rings. The van der Waals surface area contributed by atoms with Crippen LogP contribution in [0.4, 0.5) is 18.9 Å². The van der Waals surface area contributed by atoms with E-state index in [0.717, 1.165) is 28.0 Å². The zero-order valence-corrected chi connectivity index (χ0v) is 18.6. The maximum absolute atomic E-state index is 13.3. The van der Waals surface area contributed by atoms with Crippen molar-refractivity contribution in [3.63, 3.8) is 0 Å². The molecule has 0 radical (unpaired) electrons. The van der Waals surface area contributed by atoms with Crippen LogP contribution in [-0.2, 0) is 11.0 Å². The highest BCUT2D eigenvalue weighted by Crippen LogP contribution is 2.55. The van der Waals surface area contributed by atoms with Gasteiger partial charge in [-0.2, -0.15) is 13.2 Å². The Balaban J connectivity index is 1.75. The Labute approximate surface area is 191 Å². The third-order valence-corrected chi connectivity index (χ3v) is 9.77. The van der Waals surface area contributed by atoms with Crippen LogP contribution in [0.15, 0.2) is 115 Å². The molecule has 4 rings (SSSR count). The molecule has 166 valence electrons. The molecule has 33 heavy (non-hydrogen) atoms. The lowest BCUT2D eigenvalue weighted by Gasteiger charge is -2.27. The number of carbonyl (C=O) groups is 1. The first-order chi connectivity index (χ1) is 15.9. The summed E-state index contributed by atoms with van der Waals surface area (Å²) in [4.78, 5) is 13.3. The summed E-state index contributed by atoms with van der Waals surface area (Å²) in [5.41, 5.74) is -0.416. The zero-order chi connectivity index (χ0) is 23.3. The molecule has 0 atom stereocenters. The molecule has 0 fully saturated rings. The largest absolute Gasteiger partial charge is 0.416 e. The third-order valence-electron chi connectivity index (χ3n) is 5.47. The number of hydrogen-bond donors (Lipinski definition) is 1. The Morgan fingerprint density at radius 1 is 0.636 bits per heavy atom. The van der Waals surface area contributed by atoms with E-state index < -0.39 is 19.0 Å². The summed E-state index contributed by atoms with van der Waals surface area (Å²) in [7, 11) is -2.37. The van der Waals surface area contributed by atoms with Gasteiger partial charge in [-0.3, -0.25) is 4.79 Å². The minimum Gasteiger partial charge on any atom is -0.323 e. The summed E-state index contributed by atoms with van der Waals surface area (Å²) < 4.78 is 38.7. The van der Waals surface area contributed by atoms with Crippen LogP contribution in [0.1, 0.15) is 5.56 Å². The van der Waals surface area contributed by atoms with E-state index in [9.17, 15) is 18.0 Å². The zero-order valence-electron chi connectivity index (χ0n) is 17.7. The highest BCUT2D eigenvalue weighted by Gasteiger charge is 2.47. The van der Waals surface area contributed by atoms with E-state index in [1.165, 1.54) is 12.1 Å². The maximum atomic E-state index is 13.3. The summed E-state index contributed by atoms with van der Waals surface area (Å²) >= 11 is 0. The fourth-order valence-corrected chi connectivity index (χ4v) is 7.92. The van der Waals surface area contributed by atoms with Crippen molar-refractivity contribution in [2.24, 2.45) is 0 Å². The van der Waals surface area contributed by atoms with Gasteiger partial charge in [-0.05, 0) is 60.7 Å². The van der Waals surface area contributed by atoms with E-state index in [2.05, 4.69) is 5.32 Å². The molecule has 1 amide bonds. The van der Waals surface area contributed by atoms with E-state index in [1.807, 2.05) is 91.0 Å². The second-order valence-electron chi connectivity index (χ2n) is 7.60. The molecule has 0 saturated heterocycles. The first-order valence-electron chi connectivity index (χ1n) is 10.4. The molecule has 0 heterocycles. The molecule has 6 heteroatoms. The van der Waals surface area contributed by atoms with Crippen LogP contribution in [0.25, 0.3) is 0 Å². The van der Waals surface area contributed by atoms with E-state index >= 15 is 0 Å². The summed E-state index contributed by atoms with van der Waals surface area (Å²) in [6.07, 6.45) is -4.23. The molecule has 0 bridgehead atoms. The van der Waals surface area contributed by atoms with E-state index in [4.69, 9.17) is 0 Å². The lowest BCUT2D eigenvalue weighted by atomic mass is 10.2. The molecule has 4 aromatic carbocycles. The van der Waals surface area contributed by atoms with Crippen molar-refractivity contribution in [3.8, 4) is 0 Å². The molecule has 1 N–H and O–H groups in total. The molecular weight excluding hydrogens is 442 g/mol. The van der Waals surface area contributed by atoms with Crippen molar-refractivity contribution in [1.82, 2.24) is 0 Å². The molecule has 4 aromatic rings. The third kappa shape index (κ3) is 4.99. The van der Waals surface area contributed by atoms with Crippen LogP contribution in [0.2, 0.25) is 0 Å². The predicted molar refractivity (Wildman–Crippen MR) is 130 cm³/mol.